The number of nitrogens with one attached hydrogen (secondary N) is 2. The number of aliphatic hydroxyl groups excluding tert-OH is 1. The van der Waals surface area contributed by atoms with Crippen molar-refractivity contribution in [1.29, 1.82) is 0 Å². The molecule has 0 amide bonds. The number of nitrogens with zero attached hydrogens (tertiary/aromatic N) is 3. The first kappa shape index (κ1) is 19.4. The number of rotatable bonds is 5. The summed E-state index contributed by atoms with van der Waals surface area (Å²) in [5.74, 6) is -1.09. The Kier molecular flexibility index (Phi) is 5.81. The molecule has 140 valence electrons. The highest BCUT2D eigenvalue weighted by molar-refractivity contribution is 5.65. The molecule has 25 heavy (non-hydrogen) atoms. The molecule has 0 radical (unpaired) electrons. The van der Waals surface area contributed by atoms with E-state index in [4.69, 9.17) is 0 Å². The molecule has 1 heterocycles. The van der Waals surface area contributed by atoms with Gasteiger partial charge in [0.15, 0.2) is 5.82 Å². The Hall–Kier alpha value is -1.97. The van der Waals surface area contributed by atoms with Gasteiger partial charge in [-0.15, -0.1) is 0 Å². The fourth-order valence-corrected chi connectivity index (χ4v) is 2.31. The molecule has 0 aliphatic heterocycles. The van der Waals surface area contributed by atoms with E-state index in [1.807, 2.05) is 0 Å². The lowest BCUT2D eigenvalue weighted by atomic mass is 9.96. The van der Waals surface area contributed by atoms with E-state index in [2.05, 4.69) is 25.6 Å². The van der Waals surface area contributed by atoms with E-state index in [0.717, 1.165) is 6.92 Å². The van der Waals surface area contributed by atoms with Crippen LogP contribution in [0, 0.1) is 0 Å². The molecule has 1 aromatic heterocycles. The number of aliphatic hydroxyl groups is 1. The number of anilines is 2. The van der Waals surface area contributed by atoms with Crippen LogP contribution in [-0.2, 0) is 0 Å². The maximum absolute atomic E-state index is 14.2. The van der Waals surface area contributed by atoms with Gasteiger partial charge in [-0.1, -0.05) is 0 Å². The normalized spacial score (nSPS) is 20.0. The molecule has 1 aliphatic rings. The third-order valence-corrected chi connectivity index (χ3v) is 3.64. The molecule has 0 unspecified atom stereocenters. The highest BCUT2D eigenvalue weighted by Gasteiger charge is 2.36. The zero-order chi connectivity index (χ0) is 18.8. The smallest absolute Gasteiger partial charge is 0.386 e. The van der Waals surface area contributed by atoms with Crippen LogP contribution in [-0.4, -0.2) is 44.4 Å². The van der Waals surface area contributed by atoms with E-state index in [1.54, 1.807) is 13.8 Å². The van der Waals surface area contributed by atoms with Gasteiger partial charge in [-0.2, -0.15) is 28.1 Å². The van der Waals surface area contributed by atoms with Gasteiger partial charge in [0.05, 0.1) is 0 Å². The van der Waals surface area contributed by atoms with Crippen molar-refractivity contribution in [2.45, 2.75) is 64.4 Å². The zero-order valence-electron chi connectivity index (χ0n) is 14.2. The van der Waals surface area contributed by atoms with Crippen LogP contribution in [0.1, 0.15) is 45.9 Å². The quantitative estimate of drug-likeness (QED) is 0.697. The molecule has 0 saturated heterocycles. The molecule has 1 aliphatic carbocycles. The Bertz CT molecular complexity index is 647. The molecule has 2 rings (SSSR count). The number of aromatic nitrogens is 3. The molecule has 3 N–H and O–H groups in total. The van der Waals surface area contributed by atoms with Crippen LogP contribution in [0.15, 0.2) is 5.83 Å². The van der Waals surface area contributed by atoms with E-state index in [0.29, 0.717) is 12.8 Å². The summed E-state index contributed by atoms with van der Waals surface area (Å²) in [6.07, 6.45) is -4.61. The molecule has 1 aromatic rings. The van der Waals surface area contributed by atoms with Crippen LogP contribution in [0.5, 0.6) is 0 Å². The maximum Gasteiger partial charge on any atom is 0.408 e. The topological polar surface area (TPSA) is 83.0 Å². The Morgan fingerprint density at radius 2 is 1.68 bits per heavy atom. The predicted octanol–water partition coefficient (Wildman–Crippen LogP) is 3.28. The third-order valence-electron chi connectivity index (χ3n) is 3.64. The molecule has 6 nitrogen and oxygen atoms in total. The van der Waals surface area contributed by atoms with Gasteiger partial charge in [-0.3, -0.25) is 0 Å². The van der Waals surface area contributed by atoms with Crippen molar-refractivity contribution in [2.24, 2.45) is 0 Å². The summed E-state index contributed by atoms with van der Waals surface area (Å²) >= 11 is 0. The summed E-state index contributed by atoms with van der Waals surface area (Å²) in [6, 6.07) is -1.97. The second-order valence-electron chi connectivity index (χ2n) is 6.25. The summed E-state index contributed by atoms with van der Waals surface area (Å²) in [5, 5.41) is 14.7. The molecule has 2 atom stereocenters. The van der Waals surface area contributed by atoms with Gasteiger partial charge in [-0.05, 0) is 40.0 Å². The van der Waals surface area contributed by atoms with Crippen molar-refractivity contribution < 1.29 is 22.7 Å². The van der Waals surface area contributed by atoms with Crippen LogP contribution >= 0.6 is 0 Å². The molecule has 0 bridgehead atoms. The maximum atomic E-state index is 14.2. The van der Waals surface area contributed by atoms with Gasteiger partial charge < -0.3 is 15.7 Å². The lowest BCUT2D eigenvalue weighted by molar-refractivity contribution is -0.138. The second-order valence-corrected chi connectivity index (χ2v) is 6.25. The first-order chi connectivity index (χ1) is 11.6. The average molecular weight is 363 g/mol. The molecule has 10 heteroatoms. The van der Waals surface area contributed by atoms with E-state index in [1.165, 1.54) is 0 Å². The summed E-state index contributed by atoms with van der Waals surface area (Å²) in [6.45, 7) is 4.54. The number of hydrogen-bond donors (Lipinski definition) is 3. The van der Waals surface area contributed by atoms with Crippen LogP contribution in [0.2, 0.25) is 0 Å². The predicted molar refractivity (Wildman–Crippen MR) is 85.6 cm³/mol. The van der Waals surface area contributed by atoms with Crippen molar-refractivity contribution in [2.75, 3.05) is 10.6 Å². The Balaban J connectivity index is 2.42. The van der Waals surface area contributed by atoms with Crippen molar-refractivity contribution in [3.8, 4) is 0 Å². The Morgan fingerprint density at radius 3 is 2.24 bits per heavy atom. The highest BCUT2D eigenvalue weighted by atomic mass is 19.4. The third kappa shape index (κ3) is 5.00. The van der Waals surface area contributed by atoms with E-state index in [9.17, 15) is 22.7 Å². The van der Waals surface area contributed by atoms with E-state index in [-0.39, 0.29) is 35.8 Å². The van der Waals surface area contributed by atoms with Crippen LogP contribution in [0.25, 0.3) is 5.57 Å². The molecule has 0 aromatic carbocycles. The van der Waals surface area contributed by atoms with Gasteiger partial charge in [0.25, 0.3) is 0 Å². The van der Waals surface area contributed by atoms with Gasteiger partial charge in [0, 0.05) is 11.6 Å². The van der Waals surface area contributed by atoms with E-state index >= 15 is 0 Å². The van der Waals surface area contributed by atoms with E-state index < -0.39 is 24.1 Å². The molecule has 0 saturated carbocycles. The largest absolute Gasteiger partial charge is 0.408 e. The number of hydrogen-bond acceptors (Lipinski definition) is 6. The first-order valence-corrected chi connectivity index (χ1v) is 8.00. The molecule has 0 fully saturated rings. The first-order valence-electron chi connectivity index (χ1n) is 8.00. The van der Waals surface area contributed by atoms with Crippen molar-refractivity contribution >= 4 is 17.5 Å². The summed E-state index contributed by atoms with van der Waals surface area (Å²) < 4.78 is 52.5. The van der Waals surface area contributed by atoms with Crippen LogP contribution < -0.4 is 10.6 Å². The lowest BCUT2D eigenvalue weighted by Crippen LogP contribution is -2.34. The van der Waals surface area contributed by atoms with Crippen LogP contribution in [0.3, 0.4) is 0 Å². The molecular formula is C15H21F4N5O. The summed E-state index contributed by atoms with van der Waals surface area (Å²) in [5.41, 5.74) is 0.0932. The van der Waals surface area contributed by atoms with Gasteiger partial charge >= 0.3 is 6.18 Å². The SMILES string of the molecule is CC(C)Nc1nc(N[C@@H](C)C(F)(F)F)nc(C2=C(F)[C@H](O)CCC2)n1. The van der Waals surface area contributed by atoms with Crippen molar-refractivity contribution in [3.05, 3.63) is 11.7 Å². The number of halogens is 4. The summed E-state index contributed by atoms with van der Waals surface area (Å²) in [4.78, 5) is 11.9. The fraction of sp³-hybridized carbons (Fsp3) is 0.667. The molecule has 0 spiro atoms. The summed E-state index contributed by atoms with van der Waals surface area (Å²) in [7, 11) is 0. The lowest BCUT2D eigenvalue weighted by Gasteiger charge is -2.21. The van der Waals surface area contributed by atoms with Crippen molar-refractivity contribution in [3.63, 3.8) is 0 Å². The Morgan fingerprint density at radius 1 is 1.08 bits per heavy atom. The standard InChI is InChI=1S/C15H21F4N5O/c1-7(2)20-13-22-12(9-5-4-6-10(25)11(9)16)23-14(24-13)21-8(3)15(17,18)19/h7-8,10,25H,4-6H2,1-3H3,(H2,20,21,22,23,24)/t8-,10+/m0/s1. The molecular weight excluding hydrogens is 342 g/mol. The average Bonchev–Trinajstić information content (AvgIpc) is 2.48. The minimum atomic E-state index is -4.48. The fourth-order valence-electron chi connectivity index (χ4n) is 2.31. The zero-order valence-corrected chi connectivity index (χ0v) is 14.2. The Labute approximate surface area is 142 Å². The number of allylic oxidation sites excluding steroid dienone is 1. The van der Waals surface area contributed by atoms with Gasteiger partial charge in [0.2, 0.25) is 11.9 Å². The highest BCUT2D eigenvalue weighted by Crippen LogP contribution is 2.32. The minimum Gasteiger partial charge on any atom is -0.386 e. The second kappa shape index (κ2) is 7.51. The van der Waals surface area contributed by atoms with Gasteiger partial charge in [0.1, 0.15) is 18.0 Å². The monoisotopic (exact) mass is 363 g/mol. The van der Waals surface area contributed by atoms with Crippen LogP contribution in [0.4, 0.5) is 29.5 Å². The minimum absolute atomic E-state index is 0.0391. The van der Waals surface area contributed by atoms with Gasteiger partial charge in [-0.25, -0.2) is 4.39 Å². The van der Waals surface area contributed by atoms with Crippen molar-refractivity contribution in [1.82, 2.24) is 15.0 Å². The number of alkyl halides is 3.